The number of esters is 1. The molecule has 3 rings (SSSR count). The number of nitro groups is 1. The summed E-state index contributed by atoms with van der Waals surface area (Å²) in [5, 5.41) is 20.5. The molecule has 1 aromatic rings. The Hall–Kier alpha value is -2.78. The first kappa shape index (κ1) is 19.0. The van der Waals surface area contributed by atoms with E-state index in [2.05, 4.69) is 0 Å². The number of benzene rings is 1. The van der Waals surface area contributed by atoms with Gasteiger partial charge in [-0.3, -0.25) is 14.9 Å². The van der Waals surface area contributed by atoms with Crippen LogP contribution >= 0.6 is 0 Å². The number of ether oxygens (including phenoxy) is 2. The number of nitro benzene ring substituents is 1. The molecule has 1 aromatic carbocycles. The summed E-state index contributed by atoms with van der Waals surface area (Å²) < 4.78 is 10.4. The van der Waals surface area contributed by atoms with E-state index < -0.39 is 22.9 Å². The van der Waals surface area contributed by atoms with Crippen LogP contribution in [0.15, 0.2) is 35.5 Å². The van der Waals surface area contributed by atoms with Gasteiger partial charge >= 0.3 is 5.97 Å². The molecule has 3 atom stereocenters. The number of carbonyl (C=O) groups is 2. The third kappa shape index (κ3) is 3.43. The second kappa shape index (κ2) is 7.45. The predicted molar refractivity (Wildman–Crippen MR) is 92.2 cm³/mol. The highest BCUT2D eigenvalue weighted by molar-refractivity contribution is 6.00. The van der Waals surface area contributed by atoms with Crippen molar-refractivity contribution in [2.75, 3.05) is 13.7 Å². The lowest BCUT2D eigenvalue weighted by Gasteiger charge is -2.44. The molecule has 2 aliphatic rings. The quantitative estimate of drug-likeness (QED) is 0.328. The summed E-state index contributed by atoms with van der Waals surface area (Å²) in [6.45, 7) is 1.67. The molecule has 0 aromatic heterocycles. The van der Waals surface area contributed by atoms with Crippen molar-refractivity contribution in [1.29, 1.82) is 0 Å². The van der Waals surface area contributed by atoms with E-state index in [1.807, 2.05) is 0 Å². The van der Waals surface area contributed by atoms with Crippen molar-refractivity contribution in [3.05, 3.63) is 51.2 Å². The van der Waals surface area contributed by atoms with Gasteiger partial charge in [-0.05, 0) is 36.6 Å². The molecular weight excluding hydrogens is 356 g/mol. The third-order valence-corrected chi connectivity index (χ3v) is 4.85. The molecule has 9 heteroatoms. The molecule has 1 fully saturated rings. The number of amides is 1. The summed E-state index contributed by atoms with van der Waals surface area (Å²) in [7, 11) is 1.50. The highest BCUT2D eigenvalue weighted by Crippen LogP contribution is 2.44. The first-order valence-corrected chi connectivity index (χ1v) is 8.47. The Morgan fingerprint density at radius 2 is 2.04 bits per heavy atom. The molecule has 1 amide bonds. The molecule has 144 valence electrons. The molecule has 2 aliphatic heterocycles. The number of rotatable bonds is 7. The monoisotopic (exact) mass is 376 g/mol. The lowest BCUT2D eigenvalue weighted by Crippen LogP contribution is -2.61. The number of non-ortho nitro benzene ring substituents is 1. The number of carbonyl (C=O) groups excluding carboxylic acids is 2. The number of aliphatic hydroxyl groups excluding tert-OH is 1. The maximum atomic E-state index is 12.6. The fourth-order valence-electron chi connectivity index (χ4n) is 3.58. The fraction of sp³-hybridized carbons (Fsp3) is 0.444. The number of β-lactam (4-membered cyclic amide) rings is 1. The Labute approximate surface area is 155 Å². The molecule has 27 heavy (non-hydrogen) atoms. The van der Waals surface area contributed by atoms with Gasteiger partial charge in [-0.25, -0.2) is 4.79 Å². The minimum absolute atomic E-state index is 0.0517. The summed E-state index contributed by atoms with van der Waals surface area (Å²) in [5.74, 6) is -1.49. The predicted octanol–water partition coefficient (Wildman–Crippen LogP) is 1.15. The van der Waals surface area contributed by atoms with Gasteiger partial charge in [0.25, 0.3) is 5.69 Å². The van der Waals surface area contributed by atoms with Crippen LogP contribution in [0.25, 0.3) is 0 Å². The van der Waals surface area contributed by atoms with Crippen molar-refractivity contribution in [2.45, 2.75) is 32.1 Å². The number of hydrogen-bond acceptors (Lipinski definition) is 7. The lowest BCUT2D eigenvalue weighted by atomic mass is 9.83. The summed E-state index contributed by atoms with van der Waals surface area (Å²) in [5.41, 5.74) is 1.37. The highest BCUT2D eigenvalue weighted by Gasteiger charge is 2.56. The van der Waals surface area contributed by atoms with Gasteiger partial charge in [-0.2, -0.15) is 0 Å². The van der Waals surface area contributed by atoms with Crippen LogP contribution in [0.3, 0.4) is 0 Å². The minimum atomic E-state index is -0.793. The molecule has 0 spiro atoms. The smallest absolute Gasteiger partial charge is 0.355 e. The van der Waals surface area contributed by atoms with Crippen LogP contribution in [0.2, 0.25) is 0 Å². The van der Waals surface area contributed by atoms with Crippen LogP contribution < -0.4 is 0 Å². The molecule has 9 nitrogen and oxygen atoms in total. The molecule has 0 unspecified atom stereocenters. The summed E-state index contributed by atoms with van der Waals surface area (Å²) in [6.07, 6.45) is -0.338. The molecule has 0 saturated carbocycles. The van der Waals surface area contributed by atoms with E-state index in [0.717, 1.165) is 0 Å². The Bertz CT molecular complexity index is 800. The zero-order chi connectivity index (χ0) is 19.7. The highest BCUT2D eigenvalue weighted by atomic mass is 16.6. The van der Waals surface area contributed by atoms with Crippen LogP contribution in [-0.4, -0.2) is 52.7 Å². The summed E-state index contributed by atoms with van der Waals surface area (Å²) in [6, 6.07) is 5.41. The maximum Gasteiger partial charge on any atom is 0.355 e. The molecule has 0 aliphatic carbocycles. The molecule has 2 heterocycles. The van der Waals surface area contributed by atoms with Crippen molar-refractivity contribution >= 4 is 17.6 Å². The van der Waals surface area contributed by atoms with Gasteiger partial charge in [-0.1, -0.05) is 0 Å². The van der Waals surface area contributed by atoms with Crippen molar-refractivity contribution in [3.8, 4) is 0 Å². The van der Waals surface area contributed by atoms with E-state index in [4.69, 9.17) is 9.47 Å². The van der Waals surface area contributed by atoms with Crippen LogP contribution in [0.5, 0.6) is 0 Å². The minimum Gasteiger partial charge on any atom is -0.456 e. The summed E-state index contributed by atoms with van der Waals surface area (Å²) in [4.78, 5) is 36.5. The fourth-order valence-corrected chi connectivity index (χ4v) is 3.58. The first-order valence-electron chi connectivity index (χ1n) is 8.47. The molecule has 0 bridgehead atoms. The average molecular weight is 376 g/mol. The largest absolute Gasteiger partial charge is 0.456 e. The van der Waals surface area contributed by atoms with Gasteiger partial charge < -0.3 is 19.5 Å². The van der Waals surface area contributed by atoms with Gasteiger partial charge in [0.2, 0.25) is 5.91 Å². The van der Waals surface area contributed by atoms with Gasteiger partial charge in [0.15, 0.2) is 0 Å². The van der Waals surface area contributed by atoms with Gasteiger partial charge in [0.05, 0.1) is 29.6 Å². The second-order valence-corrected chi connectivity index (χ2v) is 6.63. The molecule has 1 N–H and O–H groups in total. The van der Waals surface area contributed by atoms with Crippen molar-refractivity contribution in [2.24, 2.45) is 5.92 Å². The van der Waals surface area contributed by atoms with Gasteiger partial charge in [-0.15, -0.1) is 0 Å². The van der Waals surface area contributed by atoms with Crippen molar-refractivity contribution < 1.29 is 29.1 Å². The summed E-state index contributed by atoms with van der Waals surface area (Å²) >= 11 is 0. The van der Waals surface area contributed by atoms with E-state index >= 15 is 0 Å². The lowest BCUT2D eigenvalue weighted by molar-refractivity contribution is -0.384. The standard InChI is InChI=1S/C18H20N2O7/c1-10(21)15-14-7-12(9-26-2)16(19(14)17(15)22)18(23)27-8-11-3-5-13(6-4-11)20(24)25/h3-6,10,14-15,21H,7-9H2,1-2H3/t10-,14-,15-/m1/s1. The van der Waals surface area contributed by atoms with E-state index in [-0.39, 0.29) is 36.5 Å². The number of fused-ring (bicyclic) bond motifs is 1. The molecular formula is C18H20N2O7. The maximum absolute atomic E-state index is 12.6. The third-order valence-electron chi connectivity index (χ3n) is 4.85. The normalized spacial score (nSPS) is 22.3. The Morgan fingerprint density at radius 3 is 2.59 bits per heavy atom. The van der Waals surface area contributed by atoms with E-state index in [1.165, 1.54) is 36.3 Å². The first-order chi connectivity index (χ1) is 12.8. The zero-order valence-electron chi connectivity index (χ0n) is 15.0. The number of aliphatic hydroxyl groups is 1. The van der Waals surface area contributed by atoms with Crippen LogP contribution in [0.1, 0.15) is 18.9 Å². The van der Waals surface area contributed by atoms with Crippen LogP contribution in [0.4, 0.5) is 5.69 Å². The zero-order valence-corrected chi connectivity index (χ0v) is 15.0. The Balaban J connectivity index is 1.71. The number of nitrogens with zero attached hydrogens (tertiary/aromatic N) is 2. The number of methoxy groups -OCH3 is 1. The van der Waals surface area contributed by atoms with E-state index in [0.29, 0.717) is 17.6 Å². The number of hydrogen-bond donors (Lipinski definition) is 1. The molecule has 0 radical (unpaired) electrons. The molecule has 1 saturated heterocycles. The van der Waals surface area contributed by atoms with Crippen molar-refractivity contribution in [1.82, 2.24) is 4.90 Å². The van der Waals surface area contributed by atoms with Crippen molar-refractivity contribution in [3.63, 3.8) is 0 Å². The Kier molecular flexibility index (Phi) is 5.24. The van der Waals surface area contributed by atoms with E-state index in [1.54, 1.807) is 6.92 Å². The van der Waals surface area contributed by atoms with Crippen LogP contribution in [-0.2, 0) is 25.7 Å². The van der Waals surface area contributed by atoms with Gasteiger partial charge in [0, 0.05) is 19.2 Å². The Morgan fingerprint density at radius 1 is 1.37 bits per heavy atom. The SMILES string of the molecule is COCC1=C(C(=O)OCc2ccc([N+](=O)[O-])cc2)N2C(=O)[C@H]([C@@H](C)O)[C@H]2C1. The second-order valence-electron chi connectivity index (χ2n) is 6.63. The topological polar surface area (TPSA) is 119 Å². The van der Waals surface area contributed by atoms with Gasteiger partial charge in [0.1, 0.15) is 12.3 Å². The van der Waals surface area contributed by atoms with E-state index in [9.17, 15) is 24.8 Å². The average Bonchev–Trinajstić information content (AvgIpc) is 2.94. The van der Waals surface area contributed by atoms with Crippen LogP contribution in [0, 0.1) is 16.0 Å².